The quantitative estimate of drug-likeness (QED) is 0.122. The molecule has 0 amide bonds. The van der Waals surface area contributed by atoms with Gasteiger partial charge in [-0.3, -0.25) is 0 Å². The summed E-state index contributed by atoms with van der Waals surface area (Å²) < 4.78 is 51.7. The Morgan fingerprint density at radius 1 is 0.471 bits per heavy atom. The van der Waals surface area contributed by atoms with Gasteiger partial charge in [0.2, 0.25) is 0 Å². The lowest BCUT2D eigenvalue weighted by Gasteiger charge is -2.24. The van der Waals surface area contributed by atoms with Crippen LogP contribution in [-0.2, 0) is 4.74 Å². The van der Waals surface area contributed by atoms with E-state index in [9.17, 15) is 10.2 Å². The van der Waals surface area contributed by atoms with Crippen molar-refractivity contribution in [3.05, 3.63) is 95.1 Å². The van der Waals surface area contributed by atoms with Crippen LogP contribution in [0, 0.1) is 0 Å². The van der Waals surface area contributed by atoms with Crippen LogP contribution in [0.2, 0.25) is 0 Å². The van der Waals surface area contributed by atoms with E-state index in [1.165, 1.54) is 0 Å². The fourth-order valence-corrected chi connectivity index (χ4v) is 6.24. The Hall–Kier alpha value is -4.84. The van der Waals surface area contributed by atoms with Gasteiger partial charge in [0, 0.05) is 0 Å². The van der Waals surface area contributed by atoms with E-state index in [-0.39, 0.29) is 12.2 Å². The van der Waals surface area contributed by atoms with Gasteiger partial charge in [-0.2, -0.15) is 0 Å². The summed E-state index contributed by atoms with van der Waals surface area (Å²) >= 11 is 0. The van der Waals surface area contributed by atoms with Crippen LogP contribution in [0.15, 0.2) is 72.8 Å². The highest BCUT2D eigenvalue weighted by Crippen LogP contribution is 2.45. The van der Waals surface area contributed by atoms with Crippen LogP contribution in [0.1, 0.15) is 73.4 Å². The second-order valence-corrected chi connectivity index (χ2v) is 12.3. The van der Waals surface area contributed by atoms with Gasteiger partial charge in [-0.15, -0.1) is 0 Å². The van der Waals surface area contributed by atoms with Gasteiger partial charge >= 0.3 is 0 Å². The van der Waals surface area contributed by atoms with Gasteiger partial charge in [-0.25, -0.2) is 0 Å². The highest BCUT2D eigenvalue weighted by molar-refractivity contribution is 5.47. The molecule has 1 saturated heterocycles. The Morgan fingerprint density at radius 2 is 0.804 bits per heavy atom. The van der Waals surface area contributed by atoms with E-state index >= 15 is 0 Å². The zero-order valence-corrected chi connectivity index (χ0v) is 30.4. The van der Waals surface area contributed by atoms with Gasteiger partial charge in [-0.1, -0.05) is 24.3 Å². The molecular formula is C40H48O11. The number of benzene rings is 4. The van der Waals surface area contributed by atoms with Crippen molar-refractivity contribution in [3.63, 3.8) is 0 Å². The van der Waals surface area contributed by atoms with Crippen LogP contribution in [0.3, 0.4) is 0 Å². The topological polar surface area (TPSA) is 124 Å². The van der Waals surface area contributed by atoms with E-state index in [0.717, 1.165) is 24.0 Å². The van der Waals surface area contributed by atoms with E-state index in [2.05, 4.69) is 0 Å². The van der Waals surface area contributed by atoms with E-state index < -0.39 is 24.4 Å². The summed E-state index contributed by atoms with van der Waals surface area (Å²) in [5.74, 6) is 4.30. The van der Waals surface area contributed by atoms with Crippen molar-refractivity contribution in [3.8, 4) is 46.0 Å². The van der Waals surface area contributed by atoms with Crippen LogP contribution in [-0.4, -0.2) is 65.1 Å². The van der Waals surface area contributed by atoms with E-state index in [0.29, 0.717) is 57.1 Å². The summed E-state index contributed by atoms with van der Waals surface area (Å²) in [5.41, 5.74) is 3.19. The maximum absolute atomic E-state index is 11.0. The maximum Gasteiger partial charge on any atom is 0.161 e. The highest BCUT2D eigenvalue weighted by Gasteiger charge is 2.30. The lowest BCUT2D eigenvalue weighted by Crippen LogP contribution is -2.22. The molecule has 1 aliphatic heterocycles. The van der Waals surface area contributed by atoms with Crippen LogP contribution in [0.25, 0.3) is 0 Å². The number of methoxy groups -OCH3 is 6. The Balaban J connectivity index is 1.23. The SMILES string of the molecule is COc1ccc(C(O)C(C)Oc2ccc(C3CCC(c4ccc(OC(C)C(O)c5ccc(OC)c(OC)c5)c(OC)c4)O3)cc2OC)cc1OC. The molecule has 5 rings (SSSR count). The maximum atomic E-state index is 11.0. The Morgan fingerprint density at radius 3 is 1.16 bits per heavy atom. The van der Waals surface area contributed by atoms with Gasteiger partial charge in [0.05, 0.1) is 54.9 Å². The molecule has 11 nitrogen and oxygen atoms in total. The molecule has 0 radical (unpaired) electrons. The third kappa shape index (κ3) is 8.39. The minimum atomic E-state index is -0.923. The zero-order chi connectivity index (χ0) is 36.7. The molecule has 51 heavy (non-hydrogen) atoms. The minimum Gasteiger partial charge on any atom is -0.493 e. The van der Waals surface area contributed by atoms with Crippen molar-refractivity contribution in [1.82, 2.24) is 0 Å². The van der Waals surface area contributed by atoms with Gasteiger partial charge in [0.15, 0.2) is 46.0 Å². The summed E-state index contributed by atoms with van der Waals surface area (Å²) in [7, 11) is 9.41. The molecule has 2 N–H and O–H groups in total. The minimum absolute atomic E-state index is 0.161. The standard InChI is InChI=1S/C40H48O11/c1-23(39(41)27-11-13-31(43-3)35(21-27)45-5)49-33-15-9-25(19-37(33)47-7)29-17-18-30(51-29)26-10-16-34(38(20-26)48-8)50-24(2)40(42)28-12-14-32(44-4)36(22-28)46-6/h9-16,19-24,29-30,39-42H,17-18H2,1-8H3. The van der Waals surface area contributed by atoms with E-state index in [4.69, 9.17) is 42.6 Å². The number of hydrogen-bond acceptors (Lipinski definition) is 11. The molecule has 6 unspecified atom stereocenters. The molecule has 11 heteroatoms. The molecule has 1 fully saturated rings. The predicted molar refractivity (Wildman–Crippen MR) is 191 cm³/mol. The number of ether oxygens (including phenoxy) is 9. The first-order chi connectivity index (χ1) is 24.6. The van der Waals surface area contributed by atoms with Crippen molar-refractivity contribution in [1.29, 1.82) is 0 Å². The molecule has 0 spiro atoms. The summed E-state index contributed by atoms with van der Waals surface area (Å²) in [6.45, 7) is 3.59. The third-order valence-corrected chi connectivity index (χ3v) is 9.15. The molecule has 4 aromatic carbocycles. The van der Waals surface area contributed by atoms with Crippen LogP contribution in [0.5, 0.6) is 46.0 Å². The summed E-state index contributed by atoms with van der Waals surface area (Å²) in [6, 6.07) is 22.0. The van der Waals surface area contributed by atoms with Gasteiger partial charge in [0.1, 0.15) is 24.4 Å². The monoisotopic (exact) mass is 704 g/mol. The molecule has 1 aliphatic rings. The number of rotatable bonds is 16. The number of aliphatic hydroxyl groups excluding tert-OH is 2. The second-order valence-electron chi connectivity index (χ2n) is 12.3. The Bertz CT molecular complexity index is 1630. The van der Waals surface area contributed by atoms with Crippen LogP contribution in [0.4, 0.5) is 0 Å². The number of aliphatic hydroxyl groups is 2. The Kier molecular flexibility index (Phi) is 12.4. The van der Waals surface area contributed by atoms with Crippen molar-refractivity contribution < 1.29 is 52.8 Å². The van der Waals surface area contributed by atoms with Gasteiger partial charge < -0.3 is 52.8 Å². The molecule has 1 heterocycles. The van der Waals surface area contributed by atoms with Crippen LogP contribution >= 0.6 is 0 Å². The van der Waals surface area contributed by atoms with Gasteiger partial charge in [-0.05, 0) is 97.5 Å². The molecule has 274 valence electrons. The number of hydrogen-bond donors (Lipinski definition) is 2. The van der Waals surface area contributed by atoms with Crippen molar-refractivity contribution in [2.24, 2.45) is 0 Å². The first-order valence-electron chi connectivity index (χ1n) is 16.8. The first-order valence-corrected chi connectivity index (χ1v) is 16.8. The highest BCUT2D eigenvalue weighted by atomic mass is 16.5. The normalized spacial score (nSPS) is 17.8. The average Bonchev–Trinajstić information content (AvgIpc) is 3.67. The van der Waals surface area contributed by atoms with Crippen LogP contribution < -0.4 is 37.9 Å². The average molecular weight is 705 g/mol. The molecule has 0 aliphatic carbocycles. The Labute approximate surface area is 299 Å². The fraction of sp³-hybridized carbons (Fsp3) is 0.400. The summed E-state index contributed by atoms with van der Waals surface area (Å²) in [6.07, 6.45) is -1.74. The first kappa shape index (κ1) is 37.4. The van der Waals surface area contributed by atoms with E-state index in [1.807, 2.05) is 36.4 Å². The summed E-state index contributed by atoms with van der Waals surface area (Å²) in [4.78, 5) is 0. The summed E-state index contributed by atoms with van der Waals surface area (Å²) in [5, 5.41) is 22.1. The zero-order valence-electron chi connectivity index (χ0n) is 30.4. The lowest BCUT2D eigenvalue weighted by atomic mass is 10.0. The lowest BCUT2D eigenvalue weighted by molar-refractivity contribution is 0.0409. The van der Waals surface area contributed by atoms with Crippen molar-refractivity contribution in [2.45, 2.75) is 63.3 Å². The molecule has 4 aromatic rings. The molecule has 0 aromatic heterocycles. The molecule has 0 bridgehead atoms. The molecule has 0 saturated carbocycles. The fourth-order valence-electron chi connectivity index (χ4n) is 6.24. The van der Waals surface area contributed by atoms with E-state index in [1.54, 1.807) is 92.9 Å². The third-order valence-electron chi connectivity index (χ3n) is 9.15. The molecule has 6 atom stereocenters. The molecular weight excluding hydrogens is 656 g/mol. The van der Waals surface area contributed by atoms with Crippen molar-refractivity contribution >= 4 is 0 Å². The second kappa shape index (κ2) is 16.9. The van der Waals surface area contributed by atoms with Gasteiger partial charge in [0.25, 0.3) is 0 Å². The smallest absolute Gasteiger partial charge is 0.161 e. The largest absolute Gasteiger partial charge is 0.493 e. The van der Waals surface area contributed by atoms with Crippen molar-refractivity contribution in [2.75, 3.05) is 42.7 Å². The predicted octanol–water partition coefficient (Wildman–Crippen LogP) is 7.33.